The zero-order valence-corrected chi connectivity index (χ0v) is 12.3. The molecule has 1 amide bonds. The maximum absolute atomic E-state index is 12.3. The monoisotopic (exact) mass is 307 g/mol. The van der Waals surface area contributed by atoms with Gasteiger partial charge in [0.2, 0.25) is 0 Å². The zero-order chi connectivity index (χ0) is 15.3. The Morgan fingerprint density at radius 2 is 2.14 bits per heavy atom. The van der Waals surface area contributed by atoms with E-state index in [2.05, 4.69) is 22.1 Å². The predicted molar refractivity (Wildman–Crippen MR) is 79.3 cm³/mol. The van der Waals surface area contributed by atoms with Crippen molar-refractivity contribution in [1.29, 1.82) is 0 Å². The molecule has 0 aliphatic carbocycles. The number of amides is 1. The molecule has 21 heavy (non-hydrogen) atoms. The molecule has 1 aliphatic rings. The average Bonchev–Trinajstić information content (AvgIpc) is 2.47. The molecule has 0 spiro atoms. The Morgan fingerprint density at radius 1 is 1.43 bits per heavy atom. The summed E-state index contributed by atoms with van der Waals surface area (Å²) in [7, 11) is -2.93. The van der Waals surface area contributed by atoms with Gasteiger partial charge in [-0.1, -0.05) is 11.8 Å². The molecule has 7 heteroatoms. The van der Waals surface area contributed by atoms with Gasteiger partial charge in [-0.2, -0.15) is 0 Å². The lowest BCUT2D eigenvalue weighted by molar-refractivity contribution is 0.0934. The summed E-state index contributed by atoms with van der Waals surface area (Å²) in [6.07, 6.45) is 3.93. The summed E-state index contributed by atoms with van der Waals surface area (Å²) < 4.78 is 22.7. The van der Waals surface area contributed by atoms with Crippen LogP contribution in [0.25, 0.3) is 0 Å². The number of nitrogens with zero attached hydrogens (tertiary/aromatic N) is 1. The van der Waals surface area contributed by atoms with Crippen molar-refractivity contribution in [2.75, 3.05) is 18.1 Å². The standard InChI is InChI=1S/C14H17N3O3S/c15-6-1-2-11-10-16-7-3-13(11)14(18)17-12-4-8-21(19,20)9-5-12/h3,7,10,12H,4-6,8-9,15H2,(H,17,18). The van der Waals surface area contributed by atoms with Crippen LogP contribution in [0, 0.1) is 11.8 Å². The van der Waals surface area contributed by atoms with Crippen LogP contribution in [0.3, 0.4) is 0 Å². The van der Waals surface area contributed by atoms with Crippen molar-refractivity contribution in [2.45, 2.75) is 18.9 Å². The predicted octanol–water partition coefficient (Wildman–Crippen LogP) is -0.301. The van der Waals surface area contributed by atoms with Crippen molar-refractivity contribution in [2.24, 2.45) is 5.73 Å². The van der Waals surface area contributed by atoms with Gasteiger partial charge in [-0.3, -0.25) is 9.78 Å². The van der Waals surface area contributed by atoms with Crippen molar-refractivity contribution < 1.29 is 13.2 Å². The van der Waals surface area contributed by atoms with E-state index < -0.39 is 9.84 Å². The molecule has 1 aliphatic heterocycles. The van der Waals surface area contributed by atoms with Gasteiger partial charge in [0.25, 0.3) is 5.91 Å². The first-order valence-electron chi connectivity index (χ1n) is 6.66. The summed E-state index contributed by atoms with van der Waals surface area (Å²) >= 11 is 0. The molecule has 1 fully saturated rings. The highest BCUT2D eigenvalue weighted by atomic mass is 32.2. The van der Waals surface area contributed by atoms with Crippen LogP contribution in [0.5, 0.6) is 0 Å². The van der Waals surface area contributed by atoms with E-state index in [1.54, 1.807) is 6.07 Å². The number of aromatic nitrogens is 1. The average molecular weight is 307 g/mol. The number of sulfone groups is 1. The van der Waals surface area contributed by atoms with E-state index in [4.69, 9.17) is 5.73 Å². The molecule has 0 saturated carbocycles. The zero-order valence-electron chi connectivity index (χ0n) is 11.5. The molecule has 1 saturated heterocycles. The van der Waals surface area contributed by atoms with E-state index in [-0.39, 0.29) is 30.0 Å². The van der Waals surface area contributed by atoms with Crippen molar-refractivity contribution >= 4 is 15.7 Å². The number of nitrogens with two attached hydrogens (primary N) is 1. The first-order chi connectivity index (χ1) is 10.0. The maximum atomic E-state index is 12.3. The molecule has 0 atom stereocenters. The molecule has 0 aromatic carbocycles. The van der Waals surface area contributed by atoms with Crippen LogP contribution in [-0.2, 0) is 9.84 Å². The third-order valence-electron chi connectivity index (χ3n) is 3.28. The second-order valence-electron chi connectivity index (χ2n) is 4.83. The summed E-state index contributed by atoms with van der Waals surface area (Å²) in [5, 5.41) is 2.86. The number of pyridine rings is 1. The SMILES string of the molecule is NCC#Cc1cnccc1C(=O)NC1CCS(=O)(=O)CC1. The molecule has 0 radical (unpaired) electrons. The van der Waals surface area contributed by atoms with E-state index >= 15 is 0 Å². The van der Waals surface area contributed by atoms with Crippen LogP contribution in [0.4, 0.5) is 0 Å². The number of hydrogen-bond donors (Lipinski definition) is 2. The summed E-state index contributed by atoms with van der Waals surface area (Å²) in [5.74, 6) is 5.48. The highest BCUT2D eigenvalue weighted by Gasteiger charge is 2.25. The van der Waals surface area contributed by atoms with Gasteiger partial charge in [0.05, 0.1) is 29.2 Å². The summed E-state index contributed by atoms with van der Waals surface area (Å²) in [5.41, 5.74) is 6.27. The Hall–Kier alpha value is -1.91. The molecule has 2 rings (SSSR count). The fourth-order valence-corrected chi connectivity index (χ4v) is 3.63. The number of nitrogens with one attached hydrogen (secondary N) is 1. The van der Waals surface area contributed by atoms with Gasteiger partial charge in [-0.15, -0.1) is 0 Å². The Balaban J connectivity index is 2.07. The smallest absolute Gasteiger partial charge is 0.252 e. The summed E-state index contributed by atoms with van der Waals surface area (Å²) in [6, 6.07) is 1.47. The molecule has 0 bridgehead atoms. The van der Waals surface area contributed by atoms with Crippen molar-refractivity contribution in [3.05, 3.63) is 29.6 Å². The van der Waals surface area contributed by atoms with Crippen LogP contribution >= 0.6 is 0 Å². The molecule has 112 valence electrons. The minimum absolute atomic E-state index is 0.119. The number of rotatable bonds is 2. The minimum Gasteiger partial charge on any atom is -0.349 e. The molecule has 1 aromatic rings. The highest BCUT2D eigenvalue weighted by molar-refractivity contribution is 7.91. The van der Waals surface area contributed by atoms with Gasteiger partial charge >= 0.3 is 0 Å². The topological polar surface area (TPSA) is 102 Å². The van der Waals surface area contributed by atoms with E-state index in [1.165, 1.54) is 12.4 Å². The van der Waals surface area contributed by atoms with E-state index in [1.807, 2.05) is 0 Å². The second-order valence-corrected chi connectivity index (χ2v) is 7.13. The van der Waals surface area contributed by atoms with Gasteiger partial charge in [-0.05, 0) is 18.9 Å². The lowest BCUT2D eigenvalue weighted by atomic mass is 10.1. The first kappa shape index (κ1) is 15.5. The summed E-state index contributed by atoms with van der Waals surface area (Å²) in [4.78, 5) is 16.2. The van der Waals surface area contributed by atoms with Crippen molar-refractivity contribution in [3.63, 3.8) is 0 Å². The van der Waals surface area contributed by atoms with Gasteiger partial charge in [0, 0.05) is 18.4 Å². The highest BCUT2D eigenvalue weighted by Crippen LogP contribution is 2.13. The third-order valence-corrected chi connectivity index (χ3v) is 5.00. The van der Waals surface area contributed by atoms with Gasteiger partial charge in [0.1, 0.15) is 9.84 Å². The van der Waals surface area contributed by atoms with E-state index in [9.17, 15) is 13.2 Å². The number of hydrogen-bond acceptors (Lipinski definition) is 5. The molecule has 0 unspecified atom stereocenters. The Morgan fingerprint density at radius 3 is 2.81 bits per heavy atom. The van der Waals surface area contributed by atoms with Crippen LogP contribution < -0.4 is 11.1 Å². The van der Waals surface area contributed by atoms with Crippen molar-refractivity contribution in [1.82, 2.24) is 10.3 Å². The number of carbonyl (C=O) groups excluding carboxylic acids is 1. The van der Waals surface area contributed by atoms with Crippen molar-refractivity contribution in [3.8, 4) is 11.8 Å². The van der Waals surface area contributed by atoms with Gasteiger partial charge < -0.3 is 11.1 Å². The molecule has 1 aromatic heterocycles. The van der Waals surface area contributed by atoms with Gasteiger partial charge in [0.15, 0.2) is 0 Å². The lowest BCUT2D eigenvalue weighted by Gasteiger charge is -2.23. The second kappa shape index (κ2) is 6.70. The molecular formula is C14H17N3O3S. The minimum atomic E-state index is -2.93. The normalized spacial score (nSPS) is 17.6. The third kappa shape index (κ3) is 4.28. The first-order valence-corrected chi connectivity index (χ1v) is 8.48. The fraction of sp³-hybridized carbons (Fsp3) is 0.429. The molecular weight excluding hydrogens is 290 g/mol. The van der Waals surface area contributed by atoms with Crippen LogP contribution in [-0.4, -0.2) is 43.4 Å². The quantitative estimate of drug-likeness (QED) is 0.730. The molecule has 2 heterocycles. The number of carbonyl (C=O) groups is 1. The van der Waals surface area contributed by atoms with Crippen LogP contribution in [0.1, 0.15) is 28.8 Å². The molecule has 3 N–H and O–H groups in total. The summed E-state index contributed by atoms with van der Waals surface area (Å²) in [6.45, 7) is 0.205. The largest absolute Gasteiger partial charge is 0.349 e. The van der Waals surface area contributed by atoms with E-state index in [0.717, 1.165) is 0 Å². The molecule has 6 nitrogen and oxygen atoms in total. The maximum Gasteiger partial charge on any atom is 0.252 e. The van der Waals surface area contributed by atoms with Crippen LogP contribution in [0.2, 0.25) is 0 Å². The lowest BCUT2D eigenvalue weighted by Crippen LogP contribution is -2.41. The Labute approximate surface area is 124 Å². The Bertz CT molecular complexity index is 675. The Kier molecular flexibility index (Phi) is 4.94. The van der Waals surface area contributed by atoms with Gasteiger partial charge in [-0.25, -0.2) is 8.42 Å². The fourth-order valence-electron chi connectivity index (χ4n) is 2.14. The van der Waals surface area contributed by atoms with E-state index in [0.29, 0.717) is 24.0 Å². The van der Waals surface area contributed by atoms with Crippen LogP contribution in [0.15, 0.2) is 18.5 Å².